The van der Waals surface area contributed by atoms with Gasteiger partial charge in [-0.1, -0.05) is 36.7 Å². The molecule has 2 heterocycles. The lowest BCUT2D eigenvalue weighted by Gasteiger charge is -2.17. The summed E-state index contributed by atoms with van der Waals surface area (Å²) in [6, 6.07) is 13.8. The number of hydrogen-bond acceptors (Lipinski definition) is 6. The van der Waals surface area contributed by atoms with Gasteiger partial charge in [0.25, 0.3) is 5.56 Å². The lowest BCUT2D eigenvalue weighted by Crippen LogP contribution is -2.13. The third-order valence-corrected chi connectivity index (χ3v) is 8.42. The summed E-state index contributed by atoms with van der Waals surface area (Å²) in [7, 11) is 1.58. The first-order valence-electron chi connectivity index (χ1n) is 11.3. The number of fused-ring (bicyclic) bond motifs is 3. The molecular formula is C26H25ClN2O3S2. The van der Waals surface area contributed by atoms with Gasteiger partial charge in [-0.05, 0) is 55.0 Å². The second kappa shape index (κ2) is 10.0. The van der Waals surface area contributed by atoms with Crippen molar-refractivity contribution in [2.45, 2.75) is 31.1 Å². The van der Waals surface area contributed by atoms with Crippen LogP contribution in [0, 0.1) is 5.92 Å². The highest BCUT2D eigenvalue weighted by Gasteiger charge is 2.23. The minimum Gasteiger partial charge on any atom is -0.493 e. The van der Waals surface area contributed by atoms with Crippen LogP contribution in [0.15, 0.2) is 52.2 Å². The molecule has 5 nitrogen and oxygen atoms in total. The Hall–Kier alpha value is -2.48. The van der Waals surface area contributed by atoms with Gasteiger partial charge in [-0.3, -0.25) is 4.79 Å². The second-order valence-electron chi connectivity index (χ2n) is 8.45. The molecule has 0 saturated carbocycles. The summed E-state index contributed by atoms with van der Waals surface area (Å²) in [5.41, 5.74) is 1.76. The van der Waals surface area contributed by atoms with Crippen LogP contribution in [-0.4, -0.2) is 29.4 Å². The third kappa shape index (κ3) is 4.69. The van der Waals surface area contributed by atoms with E-state index in [0.717, 1.165) is 35.2 Å². The summed E-state index contributed by atoms with van der Waals surface area (Å²) in [4.78, 5) is 24.0. The Bertz CT molecular complexity index is 1380. The molecule has 8 heteroatoms. The van der Waals surface area contributed by atoms with Gasteiger partial charge < -0.3 is 14.5 Å². The number of aryl methyl sites for hydroxylation is 1. The summed E-state index contributed by atoms with van der Waals surface area (Å²) < 4.78 is 11.5. The monoisotopic (exact) mass is 512 g/mol. The van der Waals surface area contributed by atoms with E-state index in [2.05, 4.69) is 24.0 Å². The molecule has 1 atom stereocenters. The molecule has 0 unspecified atom stereocenters. The number of ether oxygens (including phenoxy) is 2. The molecule has 0 radical (unpaired) electrons. The van der Waals surface area contributed by atoms with E-state index < -0.39 is 0 Å². The van der Waals surface area contributed by atoms with Crippen molar-refractivity contribution in [3.63, 3.8) is 0 Å². The Kier molecular flexibility index (Phi) is 6.86. The largest absolute Gasteiger partial charge is 0.493 e. The molecule has 0 spiro atoms. The number of aromatic nitrogens is 2. The van der Waals surface area contributed by atoms with Crippen LogP contribution in [0.3, 0.4) is 0 Å². The maximum atomic E-state index is 13.0. The van der Waals surface area contributed by atoms with Gasteiger partial charge in [0.1, 0.15) is 10.7 Å². The highest BCUT2D eigenvalue weighted by molar-refractivity contribution is 7.99. The first-order chi connectivity index (χ1) is 16.5. The number of thiophene rings is 1. The highest BCUT2D eigenvalue weighted by atomic mass is 35.5. The molecule has 1 N–H and O–H groups in total. The van der Waals surface area contributed by atoms with Crippen molar-refractivity contribution in [3.05, 3.63) is 68.3 Å². The van der Waals surface area contributed by atoms with Crippen molar-refractivity contribution in [3.8, 4) is 22.9 Å². The molecule has 1 aliphatic rings. The van der Waals surface area contributed by atoms with Crippen LogP contribution in [0.25, 0.3) is 21.6 Å². The van der Waals surface area contributed by atoms with Crippen molar-refractivity contribution in [2.24, 2.45) is 5.92 Å². The van der Waals surface area contributed by atoms with Crippen molar-refractivity contribution in [1.29, 1.82) is 0 Å². The van der Waals surface area contributed by atoms with E-state index >= 15 is 0 Å². The molecule has 0 amide bonds. The molecule has 2 aromatic heterocycles. The second-order valence-corrected chi connectivity index (χ2v) is 11.1. The molecule has 34 heavy (non-hydrogen) atoms. The number of halogens is 1. The Morgan fingerprint density at radius 1 is 1.26 bits per heavy atom. The number of hydrogen-bond donors (Lipinski definition) is 1. The number of benzene rings is 2. The van der Waals surface area contributed by atoms with Gasteiger partial charge in [-0.2, -0.15) is 0 Å². The zero-order valence-electron chi connectivity index (χ0n) is 19.0. The number of rotatable bonds is 7. The lowest BCUT2D eigenvalue weighted by molar-refractivity contribution is 0.314. The quantitative estimate of drug-likeness (QED) is 0.223. The van der Waals surface area contributed by atoms with Crippen molar-refractivity contribution >= 4 is 44.9 Å². The van der Waals surface area contributed by atoms with E-state index in [1.165, 1.54) is 15.3 Å². The van der Waals surface area contributed by atoms with Gasteiger partial charge in [0, 0.05) is 21.1 Å². The predicted octanol–water partition coefficient (Wildman–Crippen LogP) is 6.61. The van der Waals surface area contributed by atoms with E-state index in [1.807, 2.05) is 24.3 Å². The maximum Gasteiger partial charge on any atom is 0.260 e. The van der Waals surface area contributed by atoms with Crippen LogP contribution >= 0.6 is 34.7 Å². The standard InChI is InChI=1S/C26H25ClN2O3S2/c1-15-8-9-18-21(12-15)34-26-22(18)25(30)28-24(29-26)16-13-19(27)23(20(14-16)31-2)32-10-11-33-17-6-4-3-5-7-17/h3-7,13-15H,8-12H2,1-2H3,(H,28,29,30)/t15-/m0/s1. The van der Waals surface area contributed by atoms with Crippen LogP contribution in [-0.2, 0) is 12.8 Å². The van der Waals surface area contributed by atoms with Crippen molar-refractivity contribution < 1.29 is 9.47 Å². The van der Waals surface area contributed by atoms with Crippen molar-refractivity contribution in [2.75, 3.05) is 19.5 Å². The molecule has 0 aliphatic heterocycles. The van der Waals surface area contributed by atoms with E-state index in [9.17, 15) is 4.79 Å². The zero-order valence-corrected chi connectivity index (χ0v) is 21.4. The maximum absolute atomic E-state index is 13.0. The smallest absolute Gasteiger partial charge is 0.260 e. The molecule has 0 bridgehead atoms. The minimum absolute atomic E-state index is 0.0968. The number of methoxy groups -OCH3 is 1. The van der Waals surface area contributed by atoms with E-state index in [4.69, 9.17) is 26.1 Å². The molecule has 0 saturated heterocycles. The summed E-state index contributed by atoms with van der Waals surface area (Å²) in [6.07, 6.45) is 3.06. The van der Waals surface area contributed by atoms with Gasteiger partial charge >= 0.3 is 0 Å². The summed E-state index contributed by atoms with van der Waals surface area (Å²) in [5.74, 6) is 2.90. The van der Waals surface area contributed by atoms with E-state index in [0.29, 0.717) is 40.4 Å². The Balaban J connectivity index is 1.40. The average molecular weight is 513 g/mol. The fourth-order valence-corrected chi connectivity index (χ4v) is 6.70. The van der Waals surface area contributed by atoms with Gasteiger partial charge in [0.15, 0.2) is 11.5 Å². The third-order valence-electron chi connectivity index (χ3n) is 6.01. The van der Waals surface area contributed by atoms with Crippen LogP contribution in [0.4, 0.5) is 0 Å². The van der Waals surface area contributed by atoms with Crippen LogP contribution < -0.4 is 15.0 Å². The fraction of sp³-hybridized carbons (Fsp3) is 0.308. The Morgan fingerprint density at radius 2 is 2.09 bits per heavy atom. The summed E-state index contributed by atoms with van der Waals surface area (Å²) in [5, 5.41) is 1.16. The average Bonchev–Trinajstić information content (AvgIpc) is 3.20. The van der Waals surface area contributed by atoms with Crippen molar-refractivity contribution in [1.82, 2.24) is 9.97 Å². The molecule has 0 fully saturated rings. The molecule has 1 aliphatic carbocycles. The Labute approximate surface area is 211 Å². The van der Waals surface area contributed by atoms with Gasteiger partial charge in [0.2, 0.25) is 0 Å². The van der Waals surface area contributed by atoms with Gasteiger partial charge in [-0.15, -0.1) is 23.1 Å². The highest BCUT2D eigenvalue weighted by Crippen LogP contribution is 2.40. The first kappa shape index (κ1) is 23.3. The molecule has 176 valence electrons. The number of aromatic amines is 1. The SMILES string of the molecule is COc1cc(-c2nc3sc4c(c3c(=O)[nH]2)CC[C@H](C)C4)cc(Cl)c1OCCSc1ccccc1. The number of nitrogens with one attached hydrogen (secondary N) is 1. The molecule has 5 rings (SSSR count). The van der Waals surface area contributed by atoms with Crippen LogP contribution in [0.1, 0.15) is 23.8 Å². The predicted molar refractivity (Wildman–Crippen MR) is 141 cm³/mol. The molecule has 4 aromatic rings. The molecule has 2 aromatic carbocycles. The van der Waals surface area contributed by atoms with E-state index in [-0.39, 0.29) is 5.56 Å². The van der Waals surface area contributed by atoms with Gasteiger partial charge in [0.05, 0.1) is 24.1 Å². The number of thioether (sulfide) groups is 1. The zero-order chi connectivity index (χ0) is 23.7. The normalized spacial score (nSPS) is 15.3. The van der Waals surface area contributed by atoms with Crippen LogP contribution in [0.2, 0.25) is 5.02 Å². The van der Waals surface area contributed by atoms with E-state index in [1.54, 1.807) is 36.3 Å². The van der Waals surface area contributed by atoms with Crippen LogP contribution in [0.5, 0.6) is 11.5 Å². The summed E-state index contributed by atoms with van der Waals surface area (Å²) in [6.45, 7) is 2.74. The minimum atomic E-state index is -0.0968. The summed E-state index contributed by atoms with van der Waals surface area (Å²) >= 11 is 9.94. The molecular weight excluding hydrogens is 488 g/mol. The topological polar surface area (TPSA) is 64.2 Å². The lowest BCUT2D eigenvalue weighted by atomic mass is 9.89. The number of nitrogens with zero attached hydrogens (tertiary/aromatic N) is 1. The Morgan fingerprint density at radius 3 is 2.88 bits per heavy atom. The number of H-pyrrole nitrogens is 1. The van der Waals surface area contributed by atoms with Gasteiger partial charge in [-0.25, -0.2) is 4.98 Å². The first-order valence-corrected chi connectivity index (χ1v) is 13.4. The fourth-order valence-electron chi connectivity index (χ4n) is 4.30.